The lowest BCUT2D eigenvalue weighted by molar-refractivity contribution is -0.0399. The Hall–Kier alpha value is -1.84. The van der Waals surface area contributed by atoms with Gasteiger partial charge in [0, 0.05) is 17.6 Å². The van der Waals surface area contributed by atoms with Crippen LogP contribution in [0.15, 0.2) is 24.4 Å². The molecule has 1 heterocycles. The van der Waals surface area contributed by atoms with Crippen molar-refractivity contribution in [2.75, 3.05) is 0 Å². The lowest BCUT2D eigenvalue weighted by Crippen LogP contribution is -2.55. The molecule has 21 heavy (non-hydrogen) atoms. The summed E-state index contributed by atoms with van der Waals surface area (Å²) in [4.78, 5) is 15.4. The smallest absolute Gasteiger partial charge is 0.253 e. The maximum absolute atomic E-state index is 13.6. The Kier molecular flexibility index (Phi) is 2.65. The zero-order chi connectivity index (χ0) is 14.6. The van der Waals surface area contributed by atoms with Gasteiger partial charge in [-0.3, -0.25) is 4.79 Å². The summed E-state index contributed by atoms with van der Waals surface area (Å²) in [5.74, 6) is 0.445. The quantitative estimate of drug-likeness (QED) is 0.870. The molecule has 2 saturated carbocycles. The molecule has 1 aromatic carbocycles. The Labute approximate surface area is 122 Å². The number of amides is 1. The molecule has 1 amide bonds. The summed E-state index contributed by atoms with van der Waals surface area (Å²) in [7, 11) is 0. The number of benzene rings is 1. The van der Waals surface area contributed by atoms with E-state index in [2.05, 4.69) is 17.2 Å². The summed E-state index contributed by atoms with van der Waals surface area (Å²) >= 11 is 0. The molecule has 1 spiro atoms. The number of carbonyl (C=O) groups is 1. The second kappa shape index (κ2) is 4.33. The molecule has 2 N–H and O–H groups in total. The first-order chi connectivity index (χ1) is 10.1. The molecule has 3 nitrogen and oxygen atoms in total. The van der Waals surface area contributed by atoms with Gasteiger partial charge in [-0.1, -0.05) is 6.92 Å². The first-order valence-corrected chi connectivity index (χ1v) is 7.63. The number of fused-ring (bicyclic) bond motifs is 1. The summed E-state index contributed by atoms with van der Waals surface area (Å²) in [6.45, 7) is 2.29. The van der Waals surface area contributed by atoms with Crippen LogP contribution in [-0.2, 0) is 0 Å². The Morgan fingerprint density at radius 2 is 2.05 bits per heavy atom. The maximum atomic E-state index is 13.6. The molecule has 0 unspecified atom stereocenters. The first-order valence-electron chi connectivity index (χ1n) is 7.63. The minimum absolute atomic E-state index is 0.102. The fourth-order valence-corrected chi connectivity index (χ4v) is 4.41. The number of rotatable bonds is 2. The molecule has 4 rings (SSSR count). The summed E-state index contributed by atoms with van der Waals surface area (Å²) in [5, 5.41) is 3.56. The van der Waals surface area contributed by atoms with Crippen LogP contribution in [0.4, 0.5) is 4.39 Å². The zero-order valence-electron chi connectivity index (χ0n) is 12.1. The maximum Gasteiger partial charge on any atom is 0.253 e. The van der Waals surface area contributed by atoms with Gasteiger partial charge in [-0.05, 0) is 55.2 Å². The van der Waals surface area contributed by atoms with Crippen LogP contribution in [0.2, 0.25) is 0 Å². The van der Waals surface area contributed by atoms with Crippen LogP contribution in [-0.4, -0.2) is 16.9 Å². The van der Waals surface area contributed by atoms with Crippen LogP contribution in [0.1, 0.15) is 43.0 Å². The molecule has 2 fully saturated rings. The van der Waals surface area contributed by atoms with Crippen LogP contribution >= 0.6 is 0 Å². The van der Waals surface area contributed by atoms with Crippen molar-refractivity contribution in [2.24, 2.45) is 11.3 Å². The van der Waals surface area contributed by atoms with Crippen LogP contribution in [0.5, 0.6) is 0 Å². The number of hydrogen-bond donors (Lipinski definition) is 2. The van der Waals surface area contributed by atoms with Gasteiger partial charge in [-0.2, -0.15) is 0 Å². The van der Waals surface area contributed by atoms with Crippen molar-refractivity contribution in [1.82, 2.24) is 10.3 Å². The van der Waals surface area contributed by atoms with Gasteiger partial charge >= 0.3 is 0 Å². The van der Waals surface area contributed by atoms with E-state index in [1.807, 2.05) is 0 Å². The number of halogens is 1. The highest BCUT2D eigenvalue weighted by Crippen LogP contribution is 2.58. The van der Waals surface area contributed by atoms with E-state index in [1.165, 1.54) is 18.9 Å². The fourth-order valence-electron chi connectivity index (χ4n) is 4.41. The summed E-state index contributed by atoms with van der Waals surface area (Å²) < 4.78 is 13.6. The highest BCUT2D eigenvalue weighted by molar-refractivity contribution is 6.06. The van der Waals surface area contributed by atoms with Gasteiger partial charge in [0.15, 0.2) is 0 Å². The Balaban J connectivity index is 1.48. The predicted molar refractivity (Wildman–Crippen MR) is 79.6 cm³/mol. The van der Waals surface area contributed by atoms with Gasteiger partial charge < -0.3 is 10.3 Å². The number of aromatic amines is 1. The lowest BCUT2D eigenvalue weighted by atomic mass is 9.50. The van der Waals surface area contributed by atoms with E-state index in [9.17, 15) is 9.18 Å². The third kappa shape index (κ3) is 1.96. The summed E-state index contributed by atoms with van der Waals surface area (Å²) in [6.07, 6.45) is 6.46. The molecule has 0 atom stereocenters. The SMILES string of the molecule is CC1CC2(C1)CC(NC(=O)c1ccc(F)c3cc[nH]c13)C2. The molecule has 2 aromatic rings. The van der Waals surface area contributed by atoms with Crippen molar-refractivity contribution in [2.45, 2.75) is 38.6 Å². The number of nitrogens with one attached hydrogen (secondary N) is 2. The van der Waals surface area contributed by atoms with Crippen molar-refractivity contribution in [3.63, 3.8) is 0 Å². The van der Waals surface area contributed by atoms with Crippen molar-refractivity contribution < 1.29 is 9.18 Å². The van der Waals surface area contributed by atoms with E-state index in [0.29, 0.717) is 21.9 Å². The van der Waals surface area contributed by atoms with Gasteiger partial charge in [-0.15, -0.1) is 0 Å². The largest absolute Gasteiger partial charge is 0.360 e. The molecule has 0 saturated heterocycles. The number of H-pyrrole nitrogens is 1. The third-order valence-corrected chi connectivity index (χ3v) is 5.17. The monoisotopic (exact) mass is 286 g/mol. The van der Waals surface area contributed by atoms with Gasteiger partial charge in [0.1, 0.15) is 5.82 Å². The third-order valence-electron chi connectivity index (χ3n) is 5.17. The normalized spacial score (nSPS) is 31.0. The number of carbonyl (C=O) groups excluding carboxylic acids is 1. The van der Waals surface area contributed by atoms with Gasteiger partial charge in [0.25, 0.3) is 5.91 Å². The lowest BCUT2D eigenvalue weighted by Gasteiger charge is -2.57. The van der Waals surface area contributed by atoms with Crippen molar-refractivity contribution >= 4 is 16.8 Å². The zero-order valence-corrected chi connectivity index (χ0v) is 12.1. The van der Waals surface area contributed by atoms with Crippen LogP contribution in [0, 0.1) is 17.2 Å². The van der Waals surface area contributed by atoms with Crippen LogP contribution < -0.4 is 5.32 Å². The van der Waals surface area contributed by atoms with Gasteiger partial charge in [0.2, 0.25) is 0 Å². The van der Waals surface area contributed by atoms with Gasteiger partial charge in [0.05, 0.1) is 11.1 Å². The molecular weight excluding hydrogens is 267 g/mol. The van der Waals surface area contributed by atoms with E-state index in [1.54, 1.807) is 18.3 Å². The van der Waals surface area contributed by atoms with E-state index in [4.69, 9.17) is 0 Å². The average Bonchev–Trinajstić information content (AvgIpc) is 2.84. The minimum atomic E-state index is -0.297. The highest BCUT2D eigenvalue weighted by Gasteiger charge is 2.51. The molecule has 4 heteroatoms. The average molecular weight is 286 g/mol. The van der Waals surface area contributed by atoms with Crippen LogP contribution in [0.25, 0.3) is 10.9 Å². The van der Waals surface area contributed by atoms with E-state index in [0.717, 1.165) is 18.8 Å². The summed E-state index contributed by atoms with van der Waals surface area (Å²) in [6, 6.07) is 4.86. The number of hydrogen-bond acceptors (Lipinski definition) is 1. The number of aromatic nitrogens is 1. The molecule has 2 aliphatic rings. The topological polar surface area (TPSA) is 44.9 Å². The molecule has 0 radical (unpaired) electrons. The Morgan fingerprint density at radius 3 is 2.76 bits per heavy atom. The molecule has 0 bridgehead atoms. The van der Waals surface area contributed by atoms with Crippen LogP contribution in [0.3, 0.4) is 0 Å². The predicted octanol–water partition coefficient (Wildman–Crippen LogP) is 3.62. The highest BCUT2D eigenvalue weighted by atomic mass is 19.1. The van der Waals surface area contributed by atoms with Crippen molar-refractivity contribution in [3.8, 4) is 0 Å². The van der Waals surface area contributed by atoms with E-state index < -0.39 is 0 Å². The second-order valence-electron chi connectivity index (χ2n) is 6.95. The van der Waals surface area contributed by atoms with E-state index >= 15 is 0 Å². The molecule has 0 aliphatic heterocycles. The fraction of sp³-hybridized carbons (Fsp3) is 0.471. The Bertz CT molecular complexity index is 707. The second-order valence-corrected chi connectivity index (χ2v) is 6.95. The first kappa shape index (κ1) is 12.9. The van der Waals surface area contributed by atoms with E-state index in [-0.39, 0.29) is 17.8 Å². The standard InChI is InChI=1S/C17H19FN2O/c1-10-6-17(7-10)8-11(9-17)20-16(21)13-2-3-14(18)12-4-5-19-15(12)13/h2-5,10-11,19H,6-9H2,1H3,(H,20,21). The minimum Gasteiger partial charge on any atom is -0.360 e. The Morgan fingerprint density at radius 1 is 1.29 bits per heavy atom. The molecule has 1 aromatic heterocycles. The molecular formula is C17H19FN2O. The van der Waals surface area contributed by atoms with Gasteiger partial charge in [-0.25, -0.2) is 4.39 Å². The molecule has 2 aliphatic carbocycles. The molecule has 110 valence electrons. The van der Waals surface area contributed by atoms with Crippen molar-refractivity contribution in [1.29, 1.82) is 0 Å². The summed E-state index contributed by atoms with van der Waals surface area (Å²) in [5.41, 5.74) is 1.63. The van der Waals surface area contributed by atoms with Crippen molar-refractivity contribution in [3.05, 3.63) is 35.8 Å².